The van der Waals surface area contributed by atoms with E-state index in [0.29, 0.717) is 17.8 Å². The number of ether oxygens (including phenoxy) is 2. The van der Waals surface area contributed by atoms with E-state index in [9.17, 15) is 14.5 Å². The van der Waals surface area contributed by atoms with Crippen LogP contribution in [-0.2, 0) is 27.7 Å². The molecule has 2 aromatic rings. The SMILES string of the molecule is CCOc1nc(N)nc2c1ncn2[C@@H]1O[C@@H]2CO[P@@](=O)(OCCSC(=O)C(C)(C)CO)O[C@H]2[C@@H]1C. The molecule has 0 spiro atoms. The summed E-state index contributed by atoms with van der Waals surface area (Å²) in [5.74, 6) is 0.313. The number of thioether (sulfide) groups is 1. The molecule has 4 heterocycles. The molecule has 194 valence electrons. The number of nitrogens with two attached hydrogens (primary N) is 1. The van der Waals surface area contributed by atoms with Gasteiger partial charge < -0.3 is 20.3 Å². The maximum atomic E-state index is 13.1. The van der Waals surface area contributed by atoms with Crippen LogP contribution in [0.4, 0.5) is 5.95 Å². The molecule has 0 bridgehead atoms. The van der Waals surface area contributed by atoms with Gasteiger partial charge in [0.25, 0.3) is 0 Å². The number of phosphoric ester groups is 1. The number of hydrogen-bond donors (Lipinski definition) is 2. The second-order valence-electron chi connectivity index (χ2n) is 8.89. The third kappa shape index (κ3) is 5.33. The smallest absolute Gasteiger partial charge is 0.475 e. The van der Waals surface area contributed by atoms with Gasteiger partial charge in [-0.05, 0) is 20.8 Å². The summed E-state index contributed by atoms with van der Waals surface area (Å²) in [7, 11) is -3.85. The number of imidazole rings is 1. The Morgan fingerprint density at radius 2 is 2.20 bits per heavy atom. The molecule has 2 fully saturated rings. The topological polar surface area (TPSA) is 170 Å². The lowest BCUT2D eigenvalue weighted by molar-refractivity contribution is -0.119. The Bertz CT molecular complexity index is 1130. The summed E-state index contributed by atoms with van der Waals surface area (Å²) >= 11 is 0.997. The zero-order chi connectivity index (χ0) is 25.4. The number of anilines is 1. The molecule has 15 heteroatoms. The van der Waals surface area contributed by atoms with Crippen LogP contribution in [0.1, 0.15) is 33.9 Å². The van der Waals surface area contributed by atoms with Gasteiger partial charge in [-0.15, -0.1) is 0 Å². The van der Waals surface area contributed by atoms with E-state index in [-0.39, 0.29) is 48.4 Å². The van der Waals surface area contributed by atoms with Gasteiger partial charge in [0.1, 0.15) is 18.4 Å². The summed E-state index contributed by atoms with van der Waals surface area (Å²) in [6, 6.07) is 0. The lowest BCUT2D eigenvalue weighted by atomic mass is 9.97. The van der Waals surface area contributed by atoms with Gasteiger partial charge in [-0.3, -0.25) is 22.9 Å². The zero-order valence-electron chi connectivity index (χ0n) is 19.9. The first-order valence-corrected chi connectivity index (χ1v) is 13.7. The Balaban J connectivity index is 1.42. The monoisotopic (exact) mass is 531 g/mol. The number of nitrogens with zero attached hydrogens (tertiary/aromatic N) is 4. The van der Waals surface area contributed by atoms with Gasteiger partial charge in [-0.1, -0.05) is 18.7 Å². The highest BCUT2D eigenvalue weighted by Gasteiger charge is 2.52. The predicted molar refractivity (Wildman–Crippen MR) is 127 cm³/mol. The summed E-state index contributed by atoms with van der Waals surface area (Å²) in [5.41, 5.74) is 5.90. The highest BCUT2D eigenvalue weighted by Crippen LogP contribution is 2.58. The molecule has 5 atom stereocenters. The largest absolute Gasteiger partial charge is 0.476 e. The van der Waals surface area contributed by atoms with E-state index in [2.05, 4.69) is 15.0 Å². The quantitative estimate of drug-likeness (QED) is 0.357. The molecule has 0 unspecified atom stereocenters. The molecule has 4 rings (SSSR count). The van der Waals surface area contributed by atoms with Crippen molar-refractivity contribution < 1.29 is 37.5 Å². The van der Waals surface area contributed by atoms with E-state index in [1.807, 2.05) is 13.8 Å². The van der Waals surface area contributed by atoms with E-state index < -0.39 is 31.7 Å². The van der Waals surface area contributed by atoms with Gasteiger partial charge in [-0.25, -0.2) is 9.55 Å². The molecule has 0 saturated carbocycles. The number of rotatable bonds is 9. The van der Waals surface area contributed by atoms with E-state index in [1.165, 1.54) is 0 Å². The Morgan fingerprint density at radius 3 is 2.91 bits per heavy atom. The molecule has 3 N–H and O–H groups in total. The van der Waals surface area contributed by atoms with Crippen molar-refractivity contribution in [3.8, 4) is 5.88 Å². The van der Waals surface area contributed by atoms with E-state index in [4.69, 9.17) is 28.8 Å². The molecular weight excluding hydrogens is 501 g/mol. The number of aliphatic hydroxyl groups excluding tert-OH is 1. The molecule has 0 radical (unpaired) electrons. The highest BCUT2D eigenvalue weighted by atomic mass is 32.2. The molecule has 0 aliphatic carbocycles. The van der Waals surface area contributed by atoms with Crippen molar-refractivity contribution in [1.29, 1.82) is 0 Å². The van der Waals surface area contributed by atoms with Gasteiger partial charge in [0.15, 0.2) is 16.3 Å². The zero-order valence-corrected chi connectivity index (χ0v) is 21.7. The minimum absolute atomic E-state index is 0.0142. The summed E-state index contributed by atoms with van der Waals surface area (Å²) in [5, 5.41) is 9.11. The molecular formula is C20H30N5O8PS. The minimum atomic E-state index is -3.85. The van der Waals surface area contributed by atoms with Gasteiger partial charge in [0.05, 0.1) is 38.2 Å². The maximum absolute atomic E-state index is 13.1. The Labute approximate surface area is 206 Å². The number of aromatic nitrogens is 4. The molecule has 2 aliphatic heterocycles. The number of hydrogen-bond acceptors (Lipinski definition) is 13. The summed E-state index contributed by atoms with van der Waals surface area (Å²) in [6.07, 6.45) is -0.0169. The minimum Gasteiger partial charge on any atom is -0.476 e. The lowest BCUT2D eigenvalue weighted by Crippen LogP contribution is -2.36. The summed E-state index contributed by atoms with van der Waals surface area (Å²) in [6.45, 7) is 7.16. The number of phosphoric acid groups is 1. The van der Waals surface area contributed by atoms with Crippen LogP contribution in [0.25, 0.3) is 11.2 Å². The fraction of sp³-hybridized carbons (Fsp3) is 0.700. The second-order valence-corrected chi connectivity index (χ2v) is 11.6. The fourth-order valence-corrected chi connectivity index (χ4v) is 6.18. The average molecular weight is 532 g/mol. The molecule has 35 heavy (non-hydrogen) atoms. The normalized spacial score (nSPS) is 28.8. The van der Waals surface area contributed by atoms with E-state index in [0.717, 1.165) is 11.8 Å². The third-order valence-corrected chi connectivity index (χ3v) is 8.42. The molecule has 2 aliphatic rings. The third-order valence-electron chi connectivity index (χ3n) is 5.77. The van der Waals surface area contributed by atoms with Crippen LogP contribution in [0.3, 0.4) is 0 Å². The van der Waals surface area contributed by atoms with Crippen molar-refractivity contribution in [3.63, 3.8) is 0 Å². The van der Waals surface area contributed by atoms with Crippen molar-refractivity contribution in [1.82, 2.24) is 19.5 Å². The number of carbonyl (C=O) groups is 1. The first-order valence-electron chi connectivity index (χ1n) is 11.2. The van der Waals surface area contributed by atoms with Gasteiger partial charge in [0, 0.05) is 11.7 Å². The lowest BCUT2D eigenvalue weighted by Gasteiger charge is -2.31. The number of nitrogen functional groups attached to an aromatic ring is 1. The van der Waals surface area contributed by atoms with Crippen LogP contribution in [0.15, 0.2) is 6.33 Å². The fourth-order valence-electron chi connectivity index (χ4n) is 3.78. The number of aliphatic hydroxyl groups is 1. The standard InChI is InChI=1S/C20H30N5O8PS/c1-5-29-16-13-15(23-19(21)24-16)25(10-22-13)17-11(2)14-12(32-17)8-31-34(28,33-14)30-6-7-35-18(27)20(3,4)9-26/h10-12,14,17,26H,5-9H2,1-4H3,(H2,21,23,24)/t11-,12+,14-,17+,34+/m0/s1. The Morgan fingerprint density at radius 1 is 1.43 bits per heavy atom. The van der Waals surface area contributed by atoms with Gasteiger partial charge in [0.2, 0.25) is 11.8 Å². The number of fused-ring (bicyclic) bond motifs is 2. The van der Waals surface area contributed by atoms with Crippen LogP contribution >= 0.6 is 19.6 Å². The van der Waals surface area contributed by atoms with Crippen molar-refractivity contribution in [2.75, 3.05) is 37.9 Å². The van der Waals surface area contributed by atoms with Crippen molar-refractivity contribution >= 4 is 41.8 Å². The van der Waals surface area contributed by atoms with E-state index >= 15 is 0 Å². The second kappa shape index (κ2) is 10.3. The molecule has 0 amide bonds. The molecule has 2 saturated heterocycles. The predicted octanol–water partition coefficient (Wildman–Crippen LogP) is 2.16. The van der Waals surface area contributed by atoms with Crippen molar-refractivity contribution in [2.24, 2.45) is 11.3 Å². The van der Waals surface area contributed by atoms with Crippen molar-refractivity contribution in [2.45, 2.75) is 46.1 Å². The molecule has 13 nitrogen and oxygen atoms in total. The van der Waals surface area contributed by atoms with Crippen LogP contribution in [0.5, 0.6) is 5.88 Å². The number of carbonyl (C=O) groups excluding carboxylic acids is 1. The van der Waals surface area contributed by atoms with Crippen molar-refractivity contribution in [3.05, 3.63) is 6.33 Å². The van der Waals surface area contributed by atoms with Crippen LogP contribution in [-0.4, -0.2) is 74.1 Å². The van der Waals surface area contributed by atoms with Gasteiger partial charge in [-0.2, -0.15) is 9.97 Å². The summed E-state index contributed by atoms with van der Waals surface area (Å²) < 4.78 is 43.1. The van der Waals surface area contributed by atoms with Crippen LogP contribution in [0.2, 0.25) is 0 Å². The van der Waals surface area contributed by atoms with Crippen LogP contribution in [0, 0.1) is 11.3 Å². The Hall–Kier alpha value is -1.80. The van der Waals surface area contributed by atoms with Gasteiger partial charge >= 0.3 is 7.82 Å². The highest BCUT2D eigenvalue weighted by molar-refractivity contribution is 8.13. The first kappa shape index (κ1) is 26.3. The average Bonchev–Trinajstić information content (AvgIpc) is 3.37. The molecule has 2 aromatic heterocycles. The maximum Gasteiger partial charge on any atom is 0.475 e. The first-order chi connectivity index (χ1) is 16.6. The molecule has 0 aromatic carbocycles. The summed E-state index contributed by atoms with van der Waals surface area (Å²) in [4.78, 5) is 24.9. The van der Waals surface area contributed by atoms with E-state index in [1.54, 1.807) is 24.7 Å². The van der Waals surface area contributed by atoms with Crippen LogP contribution < -0.4 is 10.5 Å². The Kier molecular flexibility index (Phi) is 7.72.